The Morgan fingerprint density at radius 2 is 2.00 bits per heavy atom. The van der Waals surface area contributed by atoms with Gasteiger partial charge in [-0.1, -0.05) is 18.2 Å². The highest BCUT2D eigenvalue weighted by molar-refractivity contribution is 5.78. The van der Waals surface area contributed by atoms with E-state index in [1.165, 1.54) is 6.07 Å². The summed E-state index contributed by atoms with van der Waals surface area (Å²) in [6.45, 7) is 1.03. The van der Waals surface area contributed by atoms with E-state index in [-0.39, 0.29) is 18.6 Å². The molecule has 1 fully saturated rings. The van der Waals surface area contributed by atoms with E-state index in [0.29, 0.717) is 31.1 Å². The molecule has 2 heterocycles. The SMILES string of the molecule is O=C(COc1ccccc1)NC1CCN(c2ccc(C(F)(F)F)cn2)C1. The Hall–Kier alpha value is -2.77. The van der Waals surface area contributed by atoms with E-state index in [0.717, 1.165) is 12.3 Å². The topological polar surface area (TPSA) is 54.5 Å². The van der Waals surface area contributed by atoms with Gasteiger partial charge in [-0.05, 0) is 30.7 Å². The fourth-order valence-corrected chi connectivity index (χ4v) is 2.76. The number of para-hydroxylation sites is 1. The molecule has 0 radical (unpaired) electrons. The lowest BCUT2D eigenvalue weighted by Crippen LogP contribution is -2.39. The highest BCUT2D eigenvalue weighted by Gasteiger charge is 2.31. The predicted octanol–water partition coefficient (Wildman–Crippen LogP) is 2.87. The molecular formula is C18H18F3N3O2. The summed E-state index contributed by atoms with van der Waals surface area (Å²) in [5.41, 5.74) is -0.775. The van der Waals surface area contributed by atoms with Crippen LogP contribution in [0.2, 0.25) is 0 Å². The third-order valence-electron chi connectivity index (χ3n) is 4.07. The molecule has 1 aliphatic heterocycles. The summed E-state index contributed by atoms with van der Waals surface area (Å²) >= 11 is 0. The van der Waals surface area contributed by atoms with Crippen molar-refractivity contribution in [1.29, 1.82) is 0 Å². The first-order valence-corrected chi connectivity index (χ1v) is 8.17. The number of nitrogens with one attached hydrogen (secondary N) is 1. The normalized spacial score (nSPS) is 17.2. The van der Waals surface area contributed by atoms with Crippen molar-refractivity contribution in [3.8, 4) is 5.75 Å². The van der Waals surface area contributed by atoms with Gasteiger partial charge in [-0.3, -0.25) is 4.79 Å². The fourth-order valence-electron chi connectivity index (χ4n) is 2.76. The summed E-state index contributed by atoms with van der Waals surface area (Å²) in [4.78, 5) is 17.7. The van der Waals surface area contributed by atoms with E-state index in [2.05, 4.69) is 10.3 Å². The summed E-state index contributed by atoms with van der Waals surface area (Å²) in [5.74, 6) is 0.848. The molecule has 1 amide bonds. The first-order chi connectivity index (χ1) is 12.4. The highest BCUT2D eigenvalue weighted by Crippen LogP contribution is 2.29. The Balaban J connectivity index is 1.48. The number of hydrogen-bond acceptors (Lipinski definition) is 4. The van der Waals surface area contributed by atoms with Gasteiger partial charge in [0.1, 0.15) is 11.6 Å². The van der Waals surface area contributed by atoms with E-state index in [1.807, 2.05) is 23.1 Å². The molecule has 3 rings (SSSR count). The zero-order valence-corrected chi connectivity index (χ0v) is 13.9. The van der Waals surface area contributed by atoms with E-state index >= 15 is 0 Å². The molecule has 0 bridgehead atoms. The number of aromatic nitrogens is 1. The van der Waals surface area contributed by atoms with Gasteiger partial charge in [0.2, 0.25) is 0 Å². The van der Waals surface area contributed by atoms with Gasteiger partial charge >= 0.3 is 6.18 Å². The van der Waals surface area contributed by atoms with Crippen LogP contribution in [0.5, 0.6) is 5.75 Å². The number of nitrogens with zero attached hydrogens (tertiary/aromatic N) is 2. The van der Waals surface area contributed by atoms with Gasteiger partial charge in [0.25, 0.3) is 5.91 Å². The number of halogens is 3. The number of anilines is 1. The minimum absolute atomic E-state index is 0.0843. The van der Waals surface area contributed by atoms with Gasteiger partial charge in [0, 0.05) is 25.3 Å². The van der Waals surface area contributed by atoms with E-state index < -0.39 is 11.7 Å². The number of benzene rings is 1. The molecule has 8 heteroatoms. The van der Waals surface area contributed by atoms with Crippen LogP contribution in [-0.2, 0) is 11.0 Å². The molecule has 1 aromatic heterocycles. The Bertz CT molecular complexity index is 736. The van der Waals surface area contributed by atoms with Gasteiger partial charge < -0.3 is 15.0 Å². The van der Waals surface area contributed by atoms with Gasteiger partial charge in [0.15, 0.2) is 6.61 Å². The smallest absolute Gasteiger partial charge is 0.417 e. The number of carbonyl (C=O) groups excluding carboxylic acids is 1. The number of rotatable bonds is 5. The van der Waals surface area contributed by atoms with Crippen molar-refractivity contribution in [2.45, 2.75) is 18.6 Å². The average Bonchev–Trinajstić information content (AvgIpc) is 3.09. The Morgan fingerprint density at radius 1 is 1.23 bits per heavy atom. The fraction of sp³-hybridized carbons (Fsp3) is 0.333. The zero-order valence-electron chi connectivity index (χ0n) is 13.9. The monoisotopic (exact) mass is 365 g/mol. The standard InChI is InChI=1S/C18H18F3N3O2/c19-18(20,21)13-6-7-16(22-10-13)24-9-8-14(11-24)23-17(25)12-26-15-4-2-1-3-5-15/h1-7,10,14H,8-9,11-12H2,(H,23,25). The molecule has 1 aliphatic rings. The molecule has 2 aromatic rings. The van der Waals surface area contributed by atoms with Crippen molar-refractivity contribution in [2.24, 2.45) is 0 Å². The second-order valence-corrected chi connectivity index (χ2v) is 6.00. The van der Waals surface area contributed by atoms with Crippen LogP contribution in [0.3, 0.4) is 0 Å². The summed E-state index contributed by atoms with van der Waals surface area (Å²) in [6.07, 6.45) is -2.87. The summed E-state index contributed by atoms with van der Waals surface area (Å²) in [7, 11) is 0. The van der Waals surface area contributed by atoms with Crippen molar-refractivity contribution >= 4 is 11.7 Å². The van der Waals surface area contributed by atoms with Crippen molar-refractivity contribution in [1.82, 2.24) is 10.3 Å². The minimum Gasteiger partial charge on any atom is -0.484 e. The van der Waals surface area contributed by atoms with E-state index in [1.54, 1.807) is 12.1 Å². The maximum atomic E-state index is 12.6. The molecule has 0 aliphatic carbocycles. The number of carbonyl (C=O) groups is 1. The van der Waals surface area contributed by atoms with Crippen LogP contribution in [0.25, 0.3) is 0 Å². The Labute approximate surface area is 148 Å². The number of amides is 1. The maximum absolute atomic E-state index is 12.6. The van der Waals surface area contributed by atoms with Gasteiger partial charge in [-0.15, -0.1) is 0 Å². The van der Waals surface area contributed by atoms with E-state index in [4.69, 9.17) is 4.74 Å². The summed E-state index contributed by atoms with van der Waals surface area (Å²) in [5, 5.41) is 2.87. The first-order valence-electron chi connectivity index (χ1n) is 8.17. The van der Waals surface area contributed by atoms with Crippen LogP contribution < -0.4 is 15.0 Å². The lowest BCUT2D eigenvalue weighted by molar-refractivity contribution is -0.137. The number of alkyl halides is 3. The minimum atomic E-state index is -4.40. The lowest BCUT2D eigenvalue weighted by atomic mass is 10.2. The number of ether oxygens (including phenoxy) is 1. The zero-order chi connectivity index (χ0) is 18.6. The van der Waals surface area contributed by atoms with Gasteiger partial charge in [-0.2, -0.15) is 13.2 Å². The molecule has 0 saturated carbocycles. The van der Waals surface area contributed by atoms with Crippen molar-refractivity contribution < 1.29 is 22.7 Å². The van der Waals surface area contributed by atoms with Crippen LogP contribution in [-0.4, -0.2) is 36.6 Å². The van der Waals surface area contributed by atoms with Crippen molar-refractivity contribution in [2.75, 3.05) is 24.6 Å². The van der Waals surface area contributed by atoms with Crippen LogP contribution in [0, 0.1) is 0 Å². The Morgan fingerprint density at radius 3 is 2.65 bits per heavy atom. The predicted molar refractivity (Wildman–Crippen MR) is 89.9 cm³/mol. The first kappa shape index (κ1) is 18.0. The van der Waals surface area contributed by atoms with Crippen LogP contribution >= 0.6 is 0 Å². The molecule has 1 saturated heterocycles. The molecule has 1 N–H and O–H groups in total. The molecule has 5 nitrogen and oxygen atoms in total. The molecule has 0 spiro atoms. The van der Waals surface area contributed by atoms with Gasteiger partial charge in [-0.25, -0.2) is 4.98 Å². The van der Waals surface area contributed by atoms with Crippen LogP contribution in [0.4, 0.5) is 19.0 Å². The molecular weight excluding hydrogens is 347 g/mol. The number of pyridine rings is 1. The number of hydrogen-bond donors (Lipinski definition) is 1. The van der Waals surface area contributed by atoms with Crippen molar-refractivity contribution in [3.05, 3.63) is 54.2 Å². The lowest BCUT2D eigenvalue weighted by Gasteiger charge is -2.18. The van der Waals surface area contributed by atoms with E-state index in [9.17, 15) is 18.0 Å². The highest BCUT2D eigenvalue weighted by atomic mass is 19.4. The largest absolute Gasteiger partial charge is 0.484 e. The van der Waals surface area contributed by atoms with Crippen molar-refractivity contribution in [3.63, 3.8) is 0 Å². The summed E-state index contributed by atoms with van der Waals surface area (Å²) < 4.78 is 43.1. The Kier molecular flexibility index (Phi) is 5.29. The van der Waals surface area contributed by atoms with Crippen LogP contribution in [0.15, 0.2) is 48.7 Å². The summed E-state index contributed by atoms with van der Waals surface area (Å²) in [6, 6.07) is 11.3. The van der Waals surface area contributed by atoms with Crippen LogP contribution in [0.1, 0.15) is 12.0 Å². The quantitative estimate of drug-likeness (QED) is 0.885. The molecule has 1 unspecified atom stereocenters. The molecule has 138 valence electrons. The molecule has 1 aromatic carbocycles. The maximum Gasteiger partial charge on any atom is 0.417 e. The third-order valence-corrected chi connectivity index (χ3v) is 4.07. The second-order valence-electron chi connectivity index (χ2n) is 6.00. The van der Waals surface area contributed by atoms with Gasteiger partial charge in [0.05, 0.1) is 5.56 Å². The second kappa shape index (κ2) is 7.63. The molecule has 26 heavy (non-hydrogen) atoms. The molecule has 1 atom stereocenters. The average molecular weight is 365 g/mol. The third kappa shape index (κ3) is 4.65.